The van der Waals surface area contributed by atoms with Crippen LogP contribution in [0, 0.1) is 11.3 Å². The third-order valence-corrected chi connectivity index (χ3v) is 18.4. The maximum Gasteiger partial charge on any atom is 0.328 e. The van der Waals surface area contributed by atoms with E-state index in [4.69, 9.17) is 28.4 Å². The van der Waals surface area contributed by atoms with Gasteiger partial charge >= 0.3 is 17.9 Å². The zero-order valence-corrected chi connectivity index (χ0v) is 49.3. The Hall–Kier alpha value is -5.65. The standard InChI is InChI=1S/C61H88N6O15/c1-10-39(34-68)82-49(78-8)35-81-48(70)21-15-20-47(69)63-38(5)52(71)80-29-17-25-62-57(74)61(76)55-60(24-28-67-26-16-23-59(12-3,54(60)67)56(61)73)43-30-42(46(77-7)31-45(43)65(55)6)50(53(72)79-9)51-41(40-18-13-14-19-44(40)64-51)22-27-66-33-37(4)32-58(75,11-2)36-66/h13-14,16,18-19,23,30-31,37-39,49-50,54-56,64,68,73,75-76H,10-12,15,17,20-22,24-29,32-36H2,1-9H3,(H,62,74)(H,63,69)/t37-,38+,39?,49?,50-,54?,55?,56+,58?,59+,60+,61-/m0/s1. The van der Waals surface area contributed by atoms with Gasteiger partial charge in [-0.3, -0.25) is 29.0 Å². The van der Waals surface area contributed by atoms with E-state index in [0.717, 1.165) is 35.0 Å². The number of piperidine rings is 1. The van der Waals surface area contributed by atoms with Crippen LogP contribution in [0.4, 0.5) is 5.69 Å². The van der Waals surface area contributed by atoms with Crippen molar-refractivity contribution < 1.29 is 72.8 Å². The molecule has 2 saturated heterocycles. The molecule has 0 radical (unpaired) electrons. The lowest BCUT2D eigenvalue weighted by molar-refractivity contribution is -0.203. The van der Waals surface area contributed by atoms with Gasteiger partial charge in [0, 0.05) is 111 Å². The van der Waals surface area contributed by atoms with Gasteiger partial charge in [0.15, 0.2) is 11.9 Å². The van der Waals surface area contributed by atoms with Gasteiger partial charge < -0.3 is 69.4 Å². The molecule has 3 fully saturated rings. The summed E-state index contributed by atoms with van der Waals surface area (Å²) in [6.07, 6.45) is 4.70. The highest BCUT2D eigenvalue weighted by Crippen LogP contribution is 2.67. The van der Waals surface area contributed by atoms with Gasteiger partial charge in [-0.05, 0) is 94.0 Å². The summed E-state index contributed by atoms with van der Waals surface area (Å²) in [7, 11) is 6.14. The molecule has 7 N–H and O–H groups in total. The lowest BCUT2D eigenvalue weighted by Gasteiger charge is -2.63. The number of amides is 2. The van der Waals surface area contributed by atoms with Gasteiger partial charge in [-0.2, -0.15) is 0 Å². The molecule has 5 unspecified atom stereocenters. The predicted molar refractivity (Wildman–Crippen MR) is 305 cm³/mol. The van der Waals surface area contributed by atoms with Crippen molar-refractivity contribution in [2.24, 2.45) is 11.3 Å². The molecular weight excluding hydrogens is 1060 g/mol. The van der Waals surface area contributed by atoms with Crippen molar-refractivity contribution in [3.8, 4) is 5.75 Å². The van der Waals surface area contributed by atoms with E-state index < -0.39 is 88.3 Å². The summed E-state index contributed by atoms with van der Waals surface area (Å²) in [5.74, 6) is -3.33. The van der Waals surface area contributed by atoms with E-state index in [1.807, 2.05) is 75.2 Å². The normalized spacial score (nSPS) is 28.1. The molecule has 3 aromatic rings. The first kappa shape index (κ1) is 62.4. The summed E-state index contributed by atoms with van der Waals surface area (Å²) in [6, 6.07) is 9.49. The molecule has 5 aliphatic rings. The van der Waals surface area contributed by atoms with Crippen LogP contribution >= 0.6 is 0 Å². The fraction of sp³-hybridized carbons (Fsp3) is 0.656. The highest BCUT2D eigenvalue weighted by molar-refractivity contribution is 5.93. The largest absolute Gasteiger partial charge is 0.496 e. The number of rotatable bonds is 27. The number of aliphatic hydroxyl groups is 4. The predicted octanol–water partition coefficient (Wildman–Crippen LogP) is 3.74. The number of esters is 3. The van der Waals surface area contributed by atoms with Crippen molar-refractivity contribution in [2.75, 3.05) is 92.4 Å². The number of fused-ring (bicyclic) bond motifs is 2. The maximum absolute atomic E-state index is 15.1. The Bertz CT molecular complexity index is 2810. The highest BCUT2D eigenvalue weighted by Gasteiger charge is 2.78. The smallest absolute Gasteiger partial charge is 0.328 e. The molecule has 452 valence electrons. The number of hydrogen-bond donors (Lipinski definition) is 7. The molecule has 8 rings (SSSR count). The van der Waals surface area contributed by atoms with Crippen molar-refractivity contribution in [3.05, 3.63) is 70.9 Å². The minimum atomic E-state index is -2.40. The molecule has 1 spiro atoms. The Morgan fingerprint density at radius 3 is 2.43 bits per heavy atom. The summed E-state index contributed by atoms with van der Waals surface area (Å²) in [5, 5.41) is 53.6. The molecular formula is C61H88N6O15. The molecule has 1 aliphatic carbocycles. The van der Waals surface area contributed by atoms with Gasteiger partial charge in [-0.15, -0.1) is 0 Å². The van der Waals surface area contributed by atoms with Crippen LogP contribution in [0.25, 0.3) is 10.9 Å². The van der Waals surface area contributed by atoms with Gasteiger partial charge in [0.2, 0.25) is 5.91 Å². The Labute approximate surface area is 481 Å². The summed E-state index contributed by atoms with van der Waals surface area (Å²) in [5.41, 5.74) is -0.716. The number of aromatic amines is 1. The second-order valence-electron chi connectivity index (χ2n) is 23.4. The number of aliphatic hydroxyl groups excluding tert-OH is 2. The van der Waals surface area contributed by atoms with Crippen LogP contribution < -0.4 is 20.3 Å². The molecule has 12 atom stereocenters. The van der Waals surface area contributed by atoms with Gasteiger partial charge in [-0.1, -0.05) is 58.0 Å². The van der Waals surface area contributed by atoms with Crippen LogP contribution in [0.5, 0.6) is 5.75 Å². The van der Waals surface area contributed by atoms with Crippen LogP contribution in [-0.2, 0) is 59.5 Å². The molecule has 82 heavy (non-hydrogen) atoms. The molecule has 21 heteroatoms. The highest BCUT2D eigenvalue weighted by atomic mass is 16.7. The summed E-state index contributed by atoms with van der Waals surface area (Å²) < 4.78 is 33.3. The Morgan fingerprint density at radius 1 is 0.963 bits per heavy atom. The van der Waals surface area contributed by atoms with Gasteiger partial charge in [0.1, 0.15) is 30.4 Å². The fourth-order valence-corrected chi connectivity index (χ4v) is 14.5. The minimum absolute atomic E-state index is 0.0291. The summed E-state index contributed by atoms with van der Waals surface area (Å²) in [6.45, 7) is 12.2. The molecule has 21 nitrogen and oxygen atoms in total. The fourth-order valence-electron chi connectivity index (χ4n) is 14.5. The Kier molecular flexibility index (Phi) is 19.9. The molecule has 0 bridgehead atoms. The van der Waals surface area contributed by atoms with Gasteiger partial charge in [-0.25, -0.2) is 4.79 Å². The molecule has 4 aliphatic heterocycles. The molecule has 1 aromatic heterocycles. The SMILES string of the molecule is CCC(CO)OC(COC(=O)CCCC(=O)N[C@H](C)C(=O)OCCCNC(=O)[C@]1(O)C2N(C)c3cc(OC)c([C@H](C(=O)OC)c4[nH]c5ccccc5c4CCN4C[C@@H](C)CC(O)(CC)C4)cc3[C@@]23CCN2CC=C[C@](CC)(C23)[C@H]1O)OC. The number of methoxy groups -OCH3 is 3. The number of anilines is 1. The number of ether oxygens (including phenoxy) is 6. The number of nitrogens with one attached hydrogen (secondary N) is 3. The van der Waals surface area contributed by atoms with E-state index in [1.54, 1.807) is 7.11 Å². The summed E-state index contributed by atoms with van der Waals surface area (Å²) >= 11 is 0. The zero-order valence-electron chi connectivity index (χ0n) is 49.3. The van der Waals surface area contributed by atoms with E-state index in [-0.39, 0.29) is 58.1 Å². The molecule has 5 heterocycles. The van der Waals surface area contributed by atoms with E-state index in [0.29, 0.717) is 86.9 Å². The average Bonchev–Trinajstić information content (AvgIpc) is 1.47. The summed E-state index contributed by atoms with van der Waals surface area (Å²) in [4.78, 5) is 77.9. The number of likely N-dealkylation sites (N-methyl/N-ethyl adjacent to an activating group) is 1. The maximum atomic E-state index is 15.1. The topological polar surface area (TPSA) is 271 Å². The minimum Gasteiger partial charge on any atom is -0.496 e. The zero-order chi connectivity index (χ0) is 59.3. The van der Waals surface area contributed by atoms with Crippen LogP contribution in [0.3, 0.4) is 0 Å². The third kappa shape index (κ3) is 11.8. The Balaban J connectivity index is 0.995. The number of H-pyrrole nitrogens is 1. The number of nitrogens with zero attached hydrogens (tertiary/aromatic N) is 3. The average molecular weight is 1150 g/mol. The van der Waals surface area contributed by atoms with Crippen molar-refractivity contribution in [2.45, 2.75) is 158 Å². The number of hydrogen-bond acceptors (Lipinski definition) is 18. The van der Waals surface area contributed by atoms with E-state index in [9.17, 15) is 39.6 Å². The van der Waals surface area contributed by atoms with Crippen molar-refractivity contribution in [1.82, 2.24) is 25.4 Å². The number of aromatic nitrogens is 1. The monoisotopic (exact) mass is 1140 g/mol. The number of carbonyl (C=O) groups excluding carboxylic acids is 5. The number of para-hydroxylation sites is 1. The molecule has 2 aromatic carbocycles. The van der Waals surface area contributed by atoms with Crippen LogP contribution in [0.15, 0.2) is 48.6 Å². The quantitative estimate of drug-likeness (QED) is 0.0188. The third-order valence-electron chi connectivity index (χ3n) is 18.4. The van der Waals surface area contributed by atoms with Gasteiger partial charge in [0.25, 0.3) is 5.91 Å². The van der Waals surface area contributed by atoms with E-state index in [1.165, 1.54) is 21.1 Å². The number of carbonyl (C=O) groups is 5. The van der Waals surface area contributed by atoms with E-state index >= 15 is 4.79 Å². The van der Waals surface area contributed by atoms with Crippen molar-refractivity contribution in [3.63, 3.8) is 0 Å². The first-order valence-corrected chi connectivity index (χ1v) is 29.3. The first-order chi connectivity index (χ1) is 39.2. The van der Waals surface area contributed by atoms with Crippen LogP contribution in [0.2, 0.25) is 0 Å². The van der Waals surface area contributed by atoms with E-state index in [2.05, 4.69) is 38.4 Å². The lowest BCUT2D eigenvalue weighted by Crippen LogP contribution is -2.81. The van der Waals surface area contributed by atoms with Crippen LogP contribution in [0.1, 0.15) is 121 Å². The first-order valence-electron chi connectivity index (χ1n) is 29.3. The lowest BCUT2D eigenvalue weighted by atomic mass is 9.47. The molecule has 1 saturated carbocycles. The Morgan fingerprint density at radius 2 is 1.73 bits per heavy atom. The van der Waals surface area contributed by atoms with Crippen molar-refractivity contribution >= 4 is 46.3 Å². The second kappa shape index (κ2) is 26.1. The number of benzene rings is 2. The molecule has 2 amide bonds. The number of likely N-dealkylation sites (tertiary alicyclic amines) is 1. The number of β-amino-alcohol motifs (C(OH)–C–C–N with tert-alkyl or cyclic N) is 1. The van der Waals surface area contributed by atoms with Crippen LogP contribution in [-0.4, -0.2) is 200 Å². The second-order valence-corrected chi connectivity index (χ2v) is 23.4. The van der Waals surface area contributed by atoms with Crippen molar-refractivity contribution in [1.29, 1.82) is 0 Å². The van der Waals surface area contributed by atoms with Gasteiger partial charge in [0.05, 0.1) is 45.2 Å².